The first-order valence-corrected chi connectivity index (χ1v) is 6.54. The minimum absolute atomic E-state index is 0.0747. The maximum absolute atomic E-state index is 11.8. The van der Waals surface area contributed by atoms with Crippen LogP contribution in [0.15, 0.2) is 24.1 Å². The SMILES string of the molecule is C=CCn1cnnc1S[C@@H](C)C(=O)NC1CC1. The Morgan fingerprint density at radius 3 is 3.24 bits per heavy atom. The van der Waals surface area contributed by atoms with E-state index in [2.05, 4.69) is 22.1 Å². The summed E-state index contributed by atoms with van der Waals surface area (Å²) in [6, 6.07) is 0.400. The Labute approximate surface area is 105 Å². The molecule has 1 atom stereocenters. The van der Waals surface area contributed by atoms with Gasteiger partial charge in [0.05, 0.1) is 5.25 Å². The second kappa shape index (κ2) is 5.35. The molecular formula is C11H16N4OS. The van der Waals surface area contributed by atoms with Crippen molar-refractivity contribution in [1.82, 2.24) is 20.1 Å². The molecule has 0 spiro atoms. The topological polar surface area (TPSA) is 59.8 Å². The van der Waals surface area contributed by atoms with Crippen LogP contribution < -0.4 is 5.32 Å². The predicted octanol–water partition coefficient (Wildman–Crippen LogP) is 1.22. The first-order valence-electron chi connectivity index (χ1n) is 5.66. The molecule has 0 aromatic carbocycles. The van der Waals surface area contributed by atoms with Crippen molar-refractivity contribution in [1.29, 1.82) is 0 Å². The zero-order valence-electron chi connectivity index (χ0n) is 9.80. The normalized spacial score (nSPS) is 16.5. The highest BCUT2D eigenvalue weighted by Gasteiger charge is 2.26. The lowest BCUT2D eigenvalue weighted by atomic mass is 10.4. The number of hydrogen-bond donors (Lipinski definition) is 1. The number of nitrogens with zero attached hydrogens (tertiary/aromatic N) is 3. The number of thioether (sulfide) groups is 1. The Hall–Kier alpha value is -1.30. The van der Waals surface area contributed by atoms with Crippen LogP contribution >= 0.6 is 11.8 Å². The van der Waals surface area contributed by atoms with E-state index >= 15 is 0 Å². The molecule has 0 bridgehead atoms. The number of rotatable bonds is 6. The smallest absolute Gasteiger partial charge is 0.233 e. The van der Waals surface area contributed by atoms with E-state index in [9.17, 15) is 4.79 Å². The zero-order valence-corrected chi connectivity index (χ0v) is 10.6. The van der Waals surface area contributed by atoms with Gasteiger partial charge in [0.2, 0.25) is 5.91 Å². The van der Waals surface area contributed by atoms with E-state index < -0.39 is 0 Å². The monoisotopic (exact) mass is 252 g/mol. The van der Waals surface area contributed by atoms with Gasteiger partial charge >= 0.3 is 0 Å². The second-order valence-corrected chi connectivity index (χ2v) is 5.41. The molecule has 92 valence electrons. The molecule has 1 aromatic heterocycles. The Bertz CT molecular complexity index is 413. The molecule has 0 saturated heterocycles. The minimum atomic E-state index is -0.150. The predicted molar refractivity (Wildman–Crippen MR) is 66.7 cm³/mol. The average molecular weight is 252 g/mol. The van der Waals surface area contributed by atoms with Crippen LogP contribution in [-0.4, -0.2) is 32.0 Å². The fourth-order valence-electron chi connectivity index (χ4n) is 1.36. The highest BCUT2D eigenvalue weighted by molar-refractivity contribution is 8.00. The van der Waals surface area contributed by atoms with E-state index in [4.69, 9.17) is 0 Å². The first-order chi connectivity index (χ1) is 8.20. The molecule has 1 aliphatic rings. The third-order valence-corrected chi connectivity index (χ3v) is 3.58. The number of allylic oxidation sites excluding steroid dienone is 1. The molecule has 1 N–H and O–H groups in total. The van der Waals surface area contributed by atoms with Crippen LogP contribution in [0, 0.1) is 0 Å². The highest BCUT2D eigenvalue weighted by atomic mass is 32.2. The maximum atomic E-state index is 11.8. The van der Waals surface area contributed by atoms with Gasteiger partial charge in [-0.2, -0.15) is 0 Å². The molecule has 1 fully saturated rings. The van der Waals surface area contributed by atoms with E-state index in [1.54, 1.807) is 12.4 Å². The fourth-order valence-corrected chi connectivity index (χ4v) is 2.20. The van der Waals surface area contributed by atoms with Crippen LogP contribution in [-0.2, 0) is 11.3 Å². The summed E-state index contributed by atoms with van der Waals surface area (Å²) in [7, 11) is 0. The van der Waals surface area contributed by atoms with Gasteiger partial charge < -0.3 is 9.88 Å². The fraction of sp³-hybridized carbons (Fsp3) is 0.545. The van der Waals surface area contributed by atoms with Gasteiger partial charge in [-0.05, 0) is 19.8 Å². The van der Waals surface area contributed by atoms with E-state index in [0.717, 1.165) is 18.0 Å². The summed E-state index contributed by atoms with van der Waals surface area (Å²) >= 11 is 1.42. The van der Waals surface area contributed by atoms with Gasteiger partial charge in [0.25, 0.3) is 0 Å². The Balaban J connectivity index is 1.91. The Kier molecular flexibility index (Phi) is 3.83. The molecule has 0 radical (unpaired) electrons. The van der Waals surface area contributed by atoms with Gasteiger partial charge in [-0.1, -0.05) is 17.8 Å². The third kappa shape index (κ3) is 3.33. The van der Waals surface area contributed by atoms with Crippen molar-refractivity contribution in [3.63, 3.8) is 0 Å². The molecule has 5 nitrogen and oxygen atoms in total. The first kappa shape index (κ1) is 12.2. The van der Waals surface area contributed by atoms with Crippen molar-refractivity contribution >= 4 is 17.7 Å². The summed E-state index contributed by atoms with van der Waals surface area (Å²) in [6.07, 6.45) is 5.64. The summed E-state index contributed by atoms with van der Waals surface area (Å²) in [4.78, 5) is 11.8. The van der Waals surface area contributed by atoms with E-state index in [1.165, 1.54) is 11.8 Å². The summed E-state index contributed by atoms with van der Waals surface area (Å²) in [5.41, 5.74) is 0. The molecule has 1 aliphatic carbocycles. The number of hydrogen-bond acceptors (Lipinski definition) is 4. The summed E-state index contributed by atoms with van der Waals surface area (Å²) < 4.78 is 1.87. The maximum Gasteiger partial charge on any atom is 0.233 e. The molecule has 2 rings (SSSR count). The minimum Gasteiger partial charge on any atom is -0.352 e. The van der Waals surface area contributed by atoms with Crippen molar-refractivity contribution in [2.24, 2.45) is 0 Å². The van der Waals surface area contributed by atoms with Crippen LogP contribution in [0.2, 0.25) is 0 Å². The molecule has 0 aliphatic heterocycles. The molecule has 1 aromatic rings. The zero-order chi connectivity index (χ0) is 12.3. The van der Waals surface area contributed by atoms with Gasteiger partial charge in [-0.3, -0.25) is 4.79 Å². The number of aromatic nitrogens is 3. The van der Waals surface area contributed by atoms with Crippen molar-refractivity contribution in [2.45, 2.75) is 42.8 Å². The van der Waals surface area contributed by atoms with E-state index in [1.807, 2.05) is 11.5 Å². The molecule has 1 amide bonds. The summed E-state index contributed by atoms with van der Waals surface area (Å²) in [6.45, 7) is 6.22. The number of amides is 1. The van der Waals surface area contributed by atoms with Crippen LogP contribution in [0.25, 0.3) is 0 Å². The van der Waals surface area contributed by atoms with Crippen LogP contribution in [0.4, 0.5) is 0 Å². The molecular weight excluding hydrogens is 236 g/mol. The van der Waals surface area contributed by atoms with Crippen LogP contribution in [0.3, 0.4) is 0 Å². The van der Waals surface area contributed by atoms with Crippen LogP contribution in [0.1, 0.15) is 19.8 Å². The molecule has 17 heavy (non-hydrogen) atoms. The molecule has 1 heterocycles. The Morgan fingerprint density at radius 1 is 1.82 bits per heavy atom. The van der Waals surface area contributed by atoms with Gasteiger partial charge in [0.1, 0.15) is 6.33 Å². The number of nitrogens with one attached hydrogen (secondary N) is 1. The highest BCUT2D eigenvalue weighted by Crippen LogP contribution is 2.23. The third-order valence-electron chi connectivity index (χ3n) is 2.48. The van der Waals surface area contributed by atoms with Crippen molar-refractivity contribution in [3.8, 4) is 0 Å². The van der Waals surface area contributed by atoms with Crippen molar-refractivity contribution in [3.05, 3.63) is 19.0 Å². The van der Waals surface area contributed by atoms with Gasteiger partial charge in [0.15, 0.2) is 5.16 Å². The standard InChI is InChI=1S/C11H16N4OS/c1-3-6-15-7-12-14-11(15)17-8(2)10(16)13-9-4-5-9/h3,7-9H,1,4-6H2,2H3,(H,13,16)/t8-/m0/s1. The molecule has 1 saturated carbocycles. The van der Waals surface area contributed by atoms with Gasteiger partial charge in [-0.15, -0.1) is 16.8 Å². The average Bonchev–Trinajstić information content (AvgIpc) is 3.01. The second-order valence-electron chi connectivity index (χ2n) is 4.10. The van der Waals surface area contributed by atoms with Crippen molar-refractivity contribution < 1.29 is 4.79 Å². The largest absolute Gasteiger partial charge is 0.352 e. The molecule has 0 unspecified atom stereocenters. The quantitative estimate of drug-likeness (QED) is 0.611. The summed E-state index contributed by atoms with van der Waals surface area (Å²) in [5.74, 6) is 0.0747. The van der Waals surface area contributed by atoms with Crippen molar-refractivity contribution in [2.75, 3.05) is 0 Å². The Morgan fingerprint density at radius 2 is 2.59 bits per heavy atom. The van der Waals surface area contributed by atoms with Gasteiger partial charge in [0, 0.05) is 12.6 Å². The number of carbonyl (C=O) groups is 1. The van der Waals surface area contributed by atoms with E-state index in [0.29, 0.717) is 12.6 Å². The van der Waals surface area contributed by atoms with Crippen LogP contribution in [0.5, 0.6) is 0 Å². The van der Waals surface area contributed by atoms with Gasteiger partial charge in [-0.25, -0.2) is 0 Å². The lowest BCUT2D eigenvalue weighted by molar-refractivity contribution is -0.120. The molecule has 6 heteroatoms. The van der Waals surface area contributed by atoms with E-state index in [-0.39, 0.29) is 11.2 Å². The number of carbonyl (C=O) groups excluding carboxylic acids is 1. The summed E-state index contributed by atoms with van der Waals surface area (Å²) in [5, 5.41) is 11.4. The lowest BCUT2D eigenvalue weighted by Gasteiger charge is -2.11. The lowest BCUT2D eigenvalue weighted by Crippen LogP contribution is -2.32.